The third kappa shape index (κ3) is 7.94. The van der Waals surface area contributed by atoms with Crippen molar-refractivity contribution in [2.75, 3.05) is 33.2 Å². The summed E-state index contributed by atoms with van der Waals surface area (Å²) in [5.74, 6) is 1.51. The van der Waals surface area contributed by atoms with Crippen LogP contribution in [0.2, 0.25) is 0 Å². The summed E-state index contributed by atoms with van der Waals surface area (Å²) in [4.78, 5) is 6.95. The molecule has 4 nitrogen and oxygen atoms in total. The van der Waals surface area contributed by atoms with Crippen molar-refractivity contribution in [1.82, 2.24) is 15.5 Å². The fourth-order valence-corrected chi connectivity index (χ4v) is 3.36. The normalized spacial score (nSPS) is 17.6. The molecule has 1 fully saturated rings. The monoisotopic (exact) mass is 458 g/mol. The molecule has 1 aliphatic rings. The molecule has 1 heterocycles. The summed E-state index contributed by atoms with van der Waals surface area (Å²) in [6, 6.07) is 11.3. The van der Waals surface area contributed by atoms with E-state index in [4.69, 9.17) is 0 Å². The van der Waals surface area contributed by atoms with E-state index < -0.39 is 0 Å². The van der Waals surface area contributed by atoms with Crippen LogP contribution in [0.25, 0.3) is 0 Å². The van der Waals surface area contributed by atoms with E-state index in [1.54, 1.807) is 0 Å². The van der Waals surface area contributed by atoms with Gasteiger partial charge in [0.2, 0.25) is 0 Å². The van der Waals surface area contributed by atoms with Crippen LogP contribution in [0.5, 0.6) is 0 Å². The molecule has 1 saturated heterocycles. The number of aliphatic imine (C=N–C) groups is 1. The number of benzene rings is 1. The van der Waals surface area contributed by atoms with E-state index in [2.05, 4.69) is 64.7 Å². The van der Waals surface area contributed by atoms with E-state index in [0.29, 0.717) is 12.0 Å². The Bertz CT molecular complexity index is 484. The maximum atomic E-state index is 4.39. The van der Waals surface area contributed by atoms with Crippen molar-refractivity contribution in [3.63, 3.8) is 0 Å². The highest BCUT2D eigenvalue weighted by atomic mass is 127. The van der Waals surface area contributed by atoms with Gasteiger partial charge in [0.05, 0.1) is 0 Å². The minimum absolute atomic E-state index is 0. The molecule has 1 aromatic carbocycles. The summed E-state index contributed by atoms with van der Waals surface area (Å²) >= 11 is 0. The number of halogens is 1. The van der Waals surface area contributed by atoms with Crippen molar-refractivity contribution in [2.24, 2.45) is 4.99 Å². The largest absolute Gasteiger partial charge is 0.356 e. The first kappa shape index (κ1) is 22.2. The molecule has 1 aliphatic heterocycles. The van der Waals surface area contributed by atoms with Gasteiger partial charge in [-0.05, 0) is 43.7 Å². The zero-order chi connectivity index (χ0) is 17.2. The van der Waals surface area contributed by atoms with Crippen LogP contribution in [-0.2, 0) is 0 Å². The number of rotatable bonds is 7. The first-order valence-corrected chi connectivity index (χ1v) is 9.47. The fraction of sp³-hybridized carbons (Fsp3) is 0.650. The van der Waals surface area contributed by atoms with Crippen LogP contribution in [0.1, 0.15) is 51.0 Å². The van der Waals surface area contributed by atoms with Gasteiger partial charge in [-0.25, -0.2) is 0 Å². The molecule has 0 saturated carbocycles. The zero-order valence-corrected chi connectivity index (χ0v) is 18.3. The number of likely N-dealkylation sites (tertiary alicyclic amines) is 1. The highest BCUT2D eigenvalue weighted by molar-refractivity contribution is 14.0. The van der Waals surface area contributed by atoms with Gasteiger partial charge in [-0.15, -0.1) is 24.0 Å². The summed E-state index contributed by atoms with van der Waals surface area (Å²) < 4.78 is 0. The van der Waals surface area contributed by atoms with Crippen molar-refractivity contribution in [1.29, 1.82) is 0 Å². The van der Waals surface area contributed by atoms with Crippen molar-refractivity contribution >= 4 is 29.9 Å². The number of nitrogens with one attached hydrogen (secondary N) is 2. The lowest BCUT2D eigenvalue weighted by Crippen LogP contribution is -2.49. The van der Waals surface area contributed by atoms with E-state index in [-0.39, 0.29) is 24.0 Å². The maximum Gasteiger partial charge on any atom is 0.191 e. The predicted octanol–water partition coefficient (Wildman–Crippen LogP) is 3.84. The minimum atomic E-state index is 0. The van der Waals surface area contributed by atoms with Gasteiger partial charge in [-0.1, -0.05) is 44.2 Å². The molecule has 2 N–H and O–H groups in total. The van der Waals surface area contributed by atoms with E-state index >= 15 is 0 Å². The Kier molecular flexibility index (Phi) is 11.1. The Labute approximate surface area is 170 Å². The Balaban J connectivity index is 0.00000312. The molecule has 1 atom stereocenters. The van der Waals surface area contributed by atoms with Gasteiger partial charge in [0.1, 0.15) is 0 Å². The lowest BCUT2D eigenvalue weighted by molar-refractivity contribution is 0.206. The average molecular weight is 458 g/mol. The van der Waals surface area contributed by atoms with Crippen molar-refractivity contribution in [2.45, 2.75) is 51.5 Å². The molecule has 25 heavy (non-hydrogen) atoms. The van der Waals surface area contributed by atoms with Gasteiger partial charge in [-0.3, -0.25) is 4.99 Å². The van der Waals surface area contributed by atoms with E-state index in [9.17, 15) is 0 Å². The topological polar surface area (TPSA) is 39.7 Å². The van der Waals surface area contributed by atoms with Crippen molar-refractivity contribution < 1.29 is 0 Å². The SMILES string of the molecule is CCCN1CCC(NC(=NC)NCCC(C)c2ccccc2)CC1.I. The van der Waals surface area contributed by atoms with Gasteiger partial charge >= 0.3 is 0 Å². The molecule has 1 unspecified atom stereocenters. The quantitative estimate of drug-likeness (QED) is 0.371. The van der Waals surface area contributed by atoms with E-state index in [1.807, 2.05) is 7.05 Å². The molecular weight excluding hydrogens is 423 g/mol. The van der Waals surface area contributed by atoms with Crippen LogP contribution in [0.4, 0.5) is 0 Å². The third-order valence-corrected chi connectivity index (χ3v) is 4.93. The van der Waals surface area contributed by atoms with Gasteiger partial charge in [0.15, 0.2) is 5.96 Å². The summed E-state index contributed by atoms with van der Waals surface area (Å²) in [6.07, 6.45) is 4.78. The second-order valence-corrected chi connectivity index (χ2v) is 6.86. The molecule has 0 bridgehead atoms. The molecule has 0 amide bonds. The van der Waals surface area contributed by atoms with Crippen LogP contribution < -0.4 is 10.6 Å². The summed E-state index contributed by atoms with van der Waals surface area (Å²) in [5, 5.41) is 7.07. The highest BCUT2D eigenvalue weighted by Crippen LogP contribution is 2.17. The Morgan fingerprint density at radius 2 is 1.92 bits per heavy atom. The molecule has 0 aromatic heterocycles. The van der Waals surface area contributed by atoms with Crippen molar-refractivity contribution in [3.8, 4) is 0 Å². The second kappa shape index (κ2) is 12.5. The molecular formula is C20H35IN4. The Morgan fingerprint density at radius 3 is 2.52 bits per heavy atom. The van der Waals surface area contributed by atoms with Gasteiger partial charge in [0, 0.05) is 32.7 Å². The lowest BCUT2D eigenvalue weighted by atomic mass is 9.98. The molecule has 2 rings (SSSR count). The molecule has 0 spiro atoms. The van der Waals surface area contributed by atoms with Gasteiger partial charge < -0.3 is 15.5 Å². The van der Waals surface area contributed by atoms with Crippen LogP contribution in [-0.4, -0.2) is 50.1 Å². The van der Waals surface area contributed by atoms with Crippen LogP contribution in [0.15, 0.2) is 35.3 Å². The van der Waals surface area contributed by atoms with Crippen molar-refractivity contribution in [3.05, 3.63) is 35.9 Å². The van der Waals surface area contributed by atoms with Crippen LogP contribution in [0.3, 0.4) is 0 Å². The number of nitrogens with zero attached hydrogens (tertiary/aromatic N) is 2. The molecule has 1 aromatic rings. The van der Waals surface area contributed by atoms with Crippen LogP contribution in [0, 0.1) is 0 Å². The number of guanidine groups is 1. The Hall–Kier alpha value is -0.820. The number of hydrogen-bond acceptors (Lipinski definition) is 2. The third-order valence-electron chi connectivity index (χ3n) is 4.93. The summed E-state index contributed by atoms with van der Waals surface area (Å²) in [5.41, 5.74) is 1.41. The first-order valence-electron chi connectivity index (χ1n) is 9.47. The van der Waals surface area contributed by atoms with E-state index in [0.717, 1.165) is 18.9 Å². The first-order chi connectivity index (χ1) is 11.7. The lowest BCUT2D eigenvalue weighted by Gasteiger charge is -2.32. The average Bonchev–Trinajstić information content (AvgIpc) is 2.63. The second-order valence-electron chi connectivity index (χ2n) is 6.86. The zero-order valence-electron chi connectivity index (χ0n) is 16.0. The highest BCUT2D eigenvalue weighted by Gasteiger charge is 2.19. The van der Waals surface area contributed by atoms with Gasteiger partial charge in [-0.2, -0.15) is 0 Å². The van der Waals surface area contributed by atoms with Crippen LogP contribution >= 0.6 is 24.0 Å². The van der Waals surface area contributed by atoms with E-state index in [1.165, 1.54) is 44.5 Å². The standard InChI is InChI=1S/C20H34N4.HI/c1-4-14-24-15-11-19(12-16-24)23-20(21-3)22-13-10-17(2)18-8-6-5-7-9-18;/h5-9,17,19H,4,10-16H2,1-3H3,(H2,21,22,23);1H. The number of hydrogen-bond donors (Lipinski definition) is 2. The minimum Gasteiger partial charge on any atom is -0.356 e. The Morgan fingerprint density at radius 1 is 1.24 bits per heavy atom. The predicted molar refractivity (Wildman–Crippen MR) is 119 cm³/mol. The molecule has 142 valence electrons. The summed E-state index contributed by atoms with van der Waals surface area (Å²) in [7, 11) is 1.86. The summed E-state index contributed by atoms with van der Waals surface area (Å²) in [6.45, 7) is 9.13. The van der Waals surface area contributed by atoms with Gasteiger partial charge in [0.25, 0.3) is 0 Å². The molecule has 0 radical (unpaired) electrons. The number of piperidine rings is 1. The molecule has 0 aliphatic carbocycles. The smallest absolute Gasteiger partial charge is 0.191 e. The fourth-order valence-electron chi connectivity index (χ4n) is 3.36. The molecule has 5 heteroatoms. The maximum absolute atomic E-state index is 4.39.